The number of nitrogens with one attached hydrogen (secondary N) is 1. The smallest absolute Gasteiger partial charge is 0.0948 e. The molecular formula is C17H25N3S. The van der Waals surface area contributed by atoms with Crippen molar-refractivity contribution in [1.29, 1.82) is 0 Å². The molecule has 1 aromatic heterocycles. The number of nitrogens with zero attached hydrogens (tertiary/aromatic N) is 2. The lowest BCUT2D eigenvalue weighted by Crippen LogP contribution is -2.21. The molecule has 0 amide bonds. The fourth-order valence-electron chi connectivity index (χ4n) is 2.06. The molecule has 2 rings (SSSR count). The molecule has 0 aliphatic heterocycles. The summed E-state index contributed by atoms with van der Waals surface area (Å²) in [6.45, 7) is 6.28. The van der Waals surface area contributed by atoms with Crippen LogP contribution in [-0.2, 0) is 13.0 Å². The second-order valence-electron chi connectivity index (χ2n) is 5.83. The first-order valence-corrected chi connectivity index (χ1v) is 8.30. The molecule has 4 heteroatoms. The summed E-state index contributed by atoms with van der Waals surface area (Å²) in [6, 6.07) is 11.0. The minimum atomic E-state index is 0.487. The highest BCUT2D eigenvalue weighted by atomic mass is 32.1. The normalized spacial score (nSPS) is 11.5. The zero-order chi connectivity index (χ0) is 15.2. The first-order valence-electron chi connectivity index (χ1n) is 7.48. The third-order valence-electron chi connectivity index (χ3n) is 3.23. The van der Waals surface area contributed by atoms with Crippen LogP contribution in [0.25, 0.3) is 11.3 Å². The number of hydrogen-bond acceptors (Lipinski definition) is 4. The molecule has 0 atom stereocenters. The van der Waals surface area contributed by atoms with Crippen LogP contribution in [-0.4, -0.2) is 36.6 Å². The molecular weight excluding hydrogens is 278 g/mol. The molecule has 114 valence electrons. The summed E-state index contributed by atoms with van der Waals surface area (Å²) in [6.07, 6.45) is 1.01. The Morgan fingerprint density at radius 2 is 1.90 bits per heavy atom. The van der Waals surface area contributed by atoms with E-state index in [2.05, 4.69) is 68.5 Å². The van der Waals surface area contributed by atoms with E-state index in [9.17, 15) is 0 Å². The second-order valence-corrected chi connectivity index (χ2v) is 7.00. The van der Waals surface area contributed by atoms with E-state index in [1.807, 2.05) is 11.3 Å². The van der Waals surface area contributed by atoms with Crippen molar-refractivity contribution in [3.8, 4) is 11.3 Å². The minimum absolute atomic E-state index is 0.487. The number of aromatic nitrogens is 1. The molecule has 0 aliphatic carbocycles. The molecule has 0 spiro atoms. The van der Waals surface area contributed by atoms with Crippen LogP contribution < -0.4 is 5.32 Å². The summed E-state index contributed by atoms with van der Waals surface area (Å²) < 4.78 is 0. The zero-order valence-electron chi connectivity index (χ0n) is 13.4. The zero-order valence-corrected chi connectivity index (χ0v) is 14.2. The Balaban J connectivity index is 2.23. The van der Waals surface area contributed by atoms with E-state index in [0.717, 1.165) is 25.2 Å². The van der Waals surface area contributed by atoms with E-state index in [0.29, 0.717) is 6.04 Å². The Labute approximate surface area is 132 Å². The van der Waals surface area contributed by atoms with E-state index in [-0.39, 0.29) is 0 Å². The number of likely N-dealkylation sites (N-methyl/N-ethyl adjacent to an activating group) is 1. The maximum absolute atomic E-state index is 4.88. The van der Waals surface area contributed by atoms with Crippen molar-refractivity contribution in [3.05, 3.63) is 40.2 Å². The van der Waals surface area contributed by atoms with Gasteiger partial charge in [-0.1, -0.05) is 44.2 Å². The van der Waals surface area contributed by atoms with Crippen LogP contribution in [0.15, 0.2) is 30.3 Å². The van der Waals surface area contributed by atoms with Gasteiger partial charge >= 0.3 is 0 Å². The molecule has 0 saturated carbocycles. The lowest BCUT2D eigenvalue weighted by molar-refractivity contribution is 0.413. The van der Waals surface area contributed by atoms with Gasteiger partial charge < -0.3 is 10.2 Å². The highest BCUT2D eigenvalue weighted by molar-refractivity contribution is 7.12. The second kappa shape index (κ2) is 7.69. The van der Waals surface area contributed by atoms with Crippen LogP contribution in [0.3, 0.4) is 0 Å². The number of hydrogen-bond donors (Lipinski definition) is 1. The third kappa shape index (κ3) is 4.92. The van der Waals surface area contributed by atoms with Gasteiger partial charge in [-0.3, -0.25) is 0 Å². The van der Waals surface area contributed by atoms with Gasteiger partial charge in [0.15, 0.2) is 0 Å². The maximum Gasteiger partial charge on any atom is 0.0948 e. The molecule has 1 N–H and O–H groups in total. The standard InChI is InChI=1S/C17H25N3S/c1-13(2)18-12-15-17(14-8-6-5-7-9-14)19-16(21-15)10-11-20(3)4/h5-9,13,18H,10-12H2,1-4H3. The van der Waals surface area contributed by atoms with Crippen LogP contribution in [0, 0.1) is 0 Å². The molecule has 1 heterocycles. The molecule has 0 bridgehead atoms. The molecule has 3 nitrogen and oxygen atoms in total. The van der Waals surface area contributed by atoms with Gasteiger partial charge in [0.1, 0.15) is 0 Å². The van der Waals surface area contributed by atoms with Gasteiger partial charge in [0.2, 0.25) is 0 Å². The molecule has 21 heavy (non-hydrogen) atoms. The lowest BCUT2D eigenvalue weighted by Gasteiger charge is -2.07. The average molecular weight is 303 g/mol. The molecule has 1 aromatic carbocycles. The number of rotatable bonds is 7. The van der Waals surface area contributed by atoms with Crippen molar-refractivity contribution >= 4 is 11.3 Å². The molecule has 0 fully saturated rings. The Bertz CT molecular complexity index is 546. The van der Waals surface area contributed by atoms with E-state index < -0.39 is 0 Å². The predicted octanol–water partition coefficient (Wildman–Crippen LogP) is 3.41. The Morgan fingerprint density at radius 3 is 2.52 bits per heavy atom. The van der Waals surface area contributed by atoms with Gasteiger partial charge in [0.05, 0.1) is 10.7 Å². The van der Waals surface area contributed by atoms with Crippen LogP contribution in [0.5, 0.6) is 0 Å². The maximum atomic E-state index is 4.88. The van der Waals surface area contributed by atoms with Crippen molar-refractivity contribution in [2.75, 3.05) is 20.6 Å². The van der Waals surface area contributed by atoms with Gasteiger partial charge in [0, 0.05) is 36.0 Å². The fraction of sp³-hybridized carbons (Fsp3) is 0.471. The monoisotopic (exact) mass is 303 g/mol. The van der Waals surface area contributed by atoms with Crippen molar-refractivity contribution in [2.45, 2.75) is 32.9 Å². The summed E-state index contributed by atoms with van der Waals surface area (Å²) in [4.78, 5) is 8.42. The van der Waals surface area contributed by atoms with Gasteiger partial charge in [-0.25, -0.2) is 4.98 Å². The first-order chi connectivity index (χ1) is 10.1. The largest absolute Gasteiger partial charge is 0.310 e. The van der Waals surface area contributed by atoms with Crippen LogP contribution in [0.4, 0.5) is 0 Å². The summed E-state index contributed by atoms with van der Waals surface area (Å²) in [7, 11) is 4.21. The third-order valence-corrected chi connectivity index (χ3v) is 4.35. The van der Waals surface area contributed by atoms with Crippen molar-refractivity contribution in [1.82, 2.24) is 15.2 Å². The van der Waals surface area contributed by atoms with Gasteiger partial charge in [-0.15, -0.1) is 11.3 Å². The Hall–Kier alpha value is -1.23. The quantitative estimate of drug-likeness (QED) is 0.849. The SMILES string of the molecule is CC(C)NCc1sc(CCN(C)C)nc1-c1ccccc1. The molecule has 0 aliphatic rings. The van der Waals surface area contributed by atoms with Crippen LogP contribution in [0.1, 0.15) is 23.7 Å². The average Bonchev–Trinajstić information content (AvgIpc) is 2.87. The van der Waals surface area contributed by atoms with Crippen LogP contribution in [0.2, 0.25) is 0 Å². The summed E-state index contributed by atoms with van der Waals surface area (Å²) in [5.74, 6) is 0. The van der Waals surface area contributed by atoms with Crippen LogP contribution >= 0.6 is 11.3 Å². The molecule has 0 radical (unpaired) electrons. The van der Waals surface area contributed by atoms with Gasteiger partial charge in [-0.05, 0) is 14.1 Å². The lowest BCUT2D eigenvalue weighted by atomic mass is 10.1. The van der Waals surface area contributed by atoms with Gasteiger partial charge in [-0.2, -0.15) is 0 Å². The topological polar surface area (TPSA) is 28.2 Å². The minimum Gasteiger partial charge on any atom is -0.310 e. The van der Waals surface area contributed by atoms with Gasteiger partial charge in [0.25, 0.3) is 0 Å². The number of benzene rings is 1. The van der Waals surface area contributed by atoms with E-state index in [4.69, 9.17) is 4.98 Å². The molecule has 0 unspecified atom stereocenters. The van der Waals surface area contributed by atoms with Crippen molar-refractivity contribution in [3.63, 3.8) is 0 Å². The van der Waals surface area contributed by atoms with E-state index in [1.165, 1.54) is 15.4 Å². The highest BCUT2D eigenvalue weighted by Crippen LogP contribution is 2.28. The molecule has 0 saturated heterocycles. The predicted molar refractivity (Wildman–Crippen MR) is 91.8 cm³/mol. The molecule has 2 aromatic rings. The number of thiazole rings is 1. The van der Waals surface area contributed by atoms with E-state index >= 15 is 0 Å². The summed E-state index contributed by atoms with van der Waals surface area (Å²) in [5.41, 5.74) is 2.35. The summed E-state index contributed by atoms with van der Waals surface area (Å²) in [5, 5.41) is 4.74. The Morgan fingerprint density at radius 1 is 1.19 bits per heavy atom. The fourth-order valence-corrected chi connectivity index (χ4v) is 3.10. The highest BCUT2D eigenvalue weighted by Gasteiger charge is 2.13. The summed E-state index contributed by atoms with van der Waals surface area (Å²) >= 11 is 1.84. The first kappa shape index (κ1) is 16.1. The van der Waals surface area contributed by atoms with E-state index in [1.54, 1.807) is 0 Å². The van der Waals surface area contributed by atoms with Crippen molar-refractivity contribution in [2.24, 2.45) is 0 Å². The Kier molecular flexibility index (Phi) is 5.91. The van der Waals surface area contributed by atoms with Crippen molar-refractivity contribution < 1.29 is 0 Å².